The molecule has 0 heterocycles. The molecular formula is C24H28BrF3N2O5. The largest absolute Gasteiger partial charge is 0.465 e. The first-order valence-electron chi connectivity index (χ1n) is 10.6. The van der Waals surface area contributed by atoms with Gasteiger partial charge in [0.15, 0.2) is 0 Å². The number of hydrogen-bond donors (Lipinski definition) is 3. The van der Waals surface area contributed by atoms with Gasteiger partial charge in [-0.05, 0) is 56.9 Å². The molecule has 0 spiro atoms. The third kappa shape index (κ3) is 13.4. The molecule has 0 saturated carbocycles. The second-order valence-electron chi connectivity index (χ2n) is 8.31. The summed E-state index contributed by atoms with van der Waals surface area (Å²) in [5.41, 5.74) is 0.950. The van der Waals surface area contributed by atoms with E-state index in [9.17, 15) is 27.6 Å². The summed E-state index contributed by atoms with van der Waals surface area (Å²) in [6.45, 7) is 6.28. The number of alkyl carbamates (subject to hydrolysis) is 1. The smallest absolute Gasteiger partial charge is 0.454 e. The van der Waals surface area contributed by atoms with Crippen molar-refractivity contribution in [3.8, 4) is 0 Å². The molecule has 0 radical (unpaired) electrons. The van der Waals surface area contributed by atoms with Gasteiger partial charge in [-0.3, -0.25) is 4.79 Å². The van der Waals surface area contributed by atoms with Crippen LogP contribution in [0, 0.1) is 0 Å². The number of carboxylic acid groups (broad SMARTS) is 1. The summed E-state index contributed by atoms with van der Waals surface area (Å²) in [4.78, 5) is 32.4. The zero-order valence-electron chi connectivity index (χ0n) is 19.5. The number of carbonyl (C=O) groups is 3. The zero-order valence-corrected chi connectivity index (χ0v) is 21.1. The Bertz CT molecular complexity index is 973. The molecule has 3 N–H and O–H groups in total. The number of ketones is 1. The molecule has 0 saturated heterocycles. The van der Waals surface area contributed by atoms with Crippen molar-refractivity contribution >= 4 is 33.9 Å². The number of alkyl halides is 3. The van der Waals surface area contributed by atoms with Gasteiger partial charge < -0.3 is 20.5 Å². The van der Waals surface area contributed by atoms with E-state index < -0.39 is 29.2 Å². The predicted octanol–water partition coefficient (Wildman–Crippen LogP) is 5.76. The molecule has 0 aliphatic carbocycles. The molecule has 11 heteroatoms. The van der Waals surface area contributed by atoms with Crippen molar-refractivity contribution in [2.45, 2.75) is 45.4 Å². The first-order valence-corrected chi connectivity index (χ1v) is 11.4. The maximum Gasteiger partial charge on any atom is 0.454 e. The molecular weight excluding hydrogens is 533 g/mol. The van der Waals surface area contributed by atoms with E-state index in [0.29, 0.717) is 18.5 Å². The van der Waals surface area contributed by atoms with Crippen molar-refractivity contribution in [3.63, 3.8) is 0 Å². The number of ether oxygens (including phenoxy) is 1. The van der Waals surface area contributed by atoms with E-state index in [2.05, 4.69) is 26.6 Å². The van der Waals surface area contributed by atoms with Crippen LogP contribution in [-0.4, -0.2) is 47.9 Å². The minimum Gasteiger partial charge on any atom is -0.465 e. The van der Waals surface area contributed by atoms with Gasteiger partial charge in [0.05, 0.1) is 0 Å². The summed E-state index contributed by atoms with van der Waals surface area (Å²) in [6.07, 6.45) is -5.28. The van der Waals surface area contributed by atoms with E-state index in [1.165, 1.54) is 17.7 Å². The third-order valence-corrected chi connectivity index (χ3v) is 4.69. The Hall–Kier alpha value is -3.08. The van der Waals surface area contributed by atoms with E-state index in [1.54, 1.807) is 0 Å². The summed E-state index contributed by atoms with van der Waals surface area (Å²) < 4.78 is 42.5. The van der Waals surface area contributed by atoms with Gasteiger partial charge in [-0.25, -0.2) is 9.59 Å². The second-order valence-corrected chi connectivity index (χ2v) is 9.23. The number of hydrogen-bond acceptors (Lipinski definition) is 4. The number of carbonyl (C=O) groups excluding carboxylic acids is 2. The minimum absolute atomic E-state index is 0.155. The summed E-state index contributed by atoms with van der Waals surface area (Å²) in [6, 6.07) is 12.9. The second kappa shape index (κ2) is 13.7. The van der Waals surface area contributed by atoms with Gasteiger partial charge in [-0.15, -0.1) is 0 Å². The van der Waals surface area contributed by atoms with Crippen LogP contribution < -0.4 is 10.6 Å². The predicted molar refractivity (Wildman–Crippen MR) is 129 cm³/mol. The summed E-state index contributed by atoms with van der Waals surface area (Å²) in [5, 5.41) is 13.2. The summed E-state index contributed by atoms with van der Waals surface area (Å²) in [7, 11) is 0. The molecule has 2 aromatic rings. The lowest BCUT2D eigenvalue weighted by Crippen LogP contribution is -2.33. The Morgan fingerprint density at radius 1 is 0.857 bits per heavy atom. The lowest BCUT2D eigenvalue weighted by Gasteiger charge is -2.19. The van der Waals surface area contributed by atoms with Crippen LogP contribution in [0.5, 0.6) is 0 Å². The number of amides is 2. The Balaban J connectivity index is 0.000000351. The van der Waals surface area contributed by atoms with Crippen LogP contribution in [0.1, 0.15) is 42.3 Å². The fraction of sp³-hybridized carbons (Fsp3) is 0.375. The molecule has 192 valence electrons. The van der Waals surface area contributed by atoms with Crippen molar-refractivity contribution in [2.24, 2.45) is 0 Å². The standard InChI is InChI=1S/C13H18BrNO2.C11H10F3NO3/c1-13(2,3)17-12(16)15-9-8-10-4-6-11(14)7-5-10;12-11(13,14)9(16)8-3-1-7(2-4-8)5-6-15-10(17)18/h4-7H,8-9H2,1-3H3,(H,15,16);1-4,15H,5-6H2,(H,17,18). The van der Waals surface area contributed by atoms with Crippen LogP contribution in [-0.2, 0) is 17.6 Å². The summed E-state index contributed by atoms with van der Waals surface area (Å²) >= 11 is 3.38. The van der Waals surface area contributed by atoms with Gasteiger partial charge in [0, 0.05) is 23.1 Å². The van der Waals surface area contributed by atoms with E-state index >= 15 is 0 Å². The number of benzene rings is 2. The summed E-state index contributed by atoms with van der Waals surface area (Å²) in [5.74, 6) is -1.89. The Morgan fingerprint density at radius 2 is 1.31 bits per heavy atom. The van der Waals surface area contributed by atoms with Gasteiger partial charge >= 0.3 is 18.4 Å². The average molecular weight is 561 g/mol. The fourth-order valence-corrected chi connectivity index (χ4v) is 2.84. The van der Waals surface area contributed by atoms with Crippen LogP contribution in [0.4, 0.5) is 22.8 Å². The first kappa shape index (κ1) is 30.0. The molecule has 0 aromatic heterocycles. The van der Waals surface area contributed by atoms with Crippen LogP contribution in [0.25, 0.3) is 0 Å². The Kier molecular flexibility index (Phi) is 11.7. The molecule has 0 bridgehead atoms. The van der Waals surface area contributed by atoms with Crippen LogP contribution >= 0.6 is 15.9 Å². The van der Waals surface area contributed by atoms with Crippen molar-refractivity contribution in [3.05, 3.63) is 69.7 Å². The van der Waals surface area contributed by atoms with Gasteiger partial charge in [-0.2, -0.15) is 13.2 Å². The van der Waals surface area contributed by atoms with Gasteiger partial charge in [-0.1, -0.05) is 52.3 Å². The maximum absolute atomic E-state index is 12.1. The number of rotatable bonds is 7. The monoisotopic (exact) mass is 560 g/mol. The van der Waals surface area contributed by atoms with E-state index in [0.717, 1.165) is 23.0 Å². The van der Waals surface area contributed by atoms with Gasteiger partial charge in [0.1, 0.15) is 5.60 Å². The van der Waals surface area contributed by atoms with E-state index in [1.807, 2.05) is 45.0 Å². The highest BCUT2D eigenvalue weighted by Crippen LogP contribution is 2.21. The molecule has 2 aromatic carbocycles. The molecule has 2 rings (SSSR count). The fourth-order valence-electron chi connectivity index (χ4n) is 2.57. The average Bonchev–Trinajstić information content (AvgIpc) is 2.73. The molecule has 0 atom stereocenters. The lowest BCUT2D eigenvalue weighted by atomic mass is 10.1. The van der Waals surface area contributed by atoms with Crippen molar-refractivity contribution in [1.82, 2.24) is 10.6 Å². The highest BCUT2D eigenvalue weighted by atomic mass is 79.9. The maximum atomic E-state index is 12.1. The van der Waals surface area contributed by atoms with Gasteiger partial charge in [0.25, 0.3) is 5.78 Å². The molecule has 2 amide bonds. The minimum atomic E-state index is -4.88. The normalized spacial score (nSPS) is 11.1. The Morgan fingerprint density at radius 3 is 1.74 bits per heavy atom. The van der Waals surface area contributed by atoms with Crippen LogP contribution in [0.2, 0.25) is 0 Å². The Labute approximate surface area is 210 Å². The molecule has 0 aliphatic rings. The van der Waals surface area contributed by atoms with Crippen molar-refractivity contribution in [2.75, 3.05) is 13.1 Å². The number of nitrogens with one attached hydrogen (secondary N) is 2. The molecule has 0 aliphatic heterocycles. The quantitative estimate of drug-likeness (QED) is 0.373. The first-order chi connectivity index (χ1) is 16.2. The number of Topliss-reactive ketones (excluding diaryl/α,β-unsaturated/α-hetero) is 1. The SMILES string of the molecule is CC(C)(C)OC(=O)NCCc1ccc(Br)cc1.O=C(O)NCCc1ccc(C(=O)C(F)(F)F)cc1. The van der Waals surface area contributed by atoms with E-state index in [-0.39, 0.29) is 12.6 Å². The highest BCUT2D eigenvalue weighted by Gasteiger charge is 2.39. The number of halogens is 4. The van der Waals surface area contributed by atoms with Crippen LogP contribution in [0.3, 0.4) is 0 Å². The lowest BCUT2D eigenvalue weighted by molar-refractivity contribution is -0.0885. The van der Waals surface area contributed by atoms with E-state index in [4.69, 9.17) is 9.84 Å². The highest BCUT2D eigenvalue weighted by molar-refractivity contribution is 9.10. The topological polar surface area (TPSA) is 105 Å². The zero-order chi connectivity index (χ0) is 26.6. The molecule has 35 heavy (non-hydrogen) atoms. The third-order valence-electron chi connectivity index (χ3n) is 4.16. The molecule has 0 fully saturated rings. The van der Waals surface area contributed by atoms with Crippen molar-refractivity contribution in [1.29, 1.82) is 0 Å². The van der Waals surface area contributed by atoms with Gasteiger partial charge in [0.2, 0.25) is 0 Å². The molecule has 0 unspecified atom stereocenters. The van der Waals surface area contributed by atoms with Crippen molar-refractivity contribution < 1.29 is 37.4 Å². The molecule has 7 nitrogen and oxygen atoms in total. The van der Waals surface area contributed by atoms with Crippen LogP contribution in [0.15, 0.2) is 53.0 Å².